The van der Waals surface area contributed by atoms with Crippen LogP contribution in [0.15, 0.2) is 91.6 Å². The number of benzene rings is 3. The van der Waals surface area contributed by atoms with Gasteiger partial charge in [-0.3, -0.25) is 0 Å². The van der Waals surface area contributed by atoms with Crippen molar-refractivity contribution in [2.75, 3.05) is 36.0 Å². The van der Waals surface area contributed by atoms with E-state index in [-0.39, 0.29) is 21.7 Å². The molecule has 1 aliphatic rings. The fraction of sp³-hybridized carbons (Fsp3) is 0.160. The fourth-order valence-corrected chi connectivity index (χ4v) is 5.85. The second-order valence-corrected chi connectivity index (χ2v) is 11.7. The van der Waals surface area contributed by atoms with Crippen LogP contribution in [0.5, 0.6) is 0 Å². The van der Waals surface area contributed by atoms with Crippen LogP contribution in [0.3, 0.4) is 0 Å². The quantitative estimate of drug-likeness (QED) is 0.261. The van der Waals surface area contributed by atoms with E-state index in [9.17, 15) is 8.42 Å². The highest BCUT2D eigenvalue weighted by atomic mass is 79.9. The molecule has 0 amide bonds. The van der Waals surface area contributed by atoms with Crippen LogP contribution in [-0.2, 0) is 9.84 Å². The third kappa shape index (κ3) is 5.07. The number of halogens is 3. The van der Waals surface area contributed by atoms with Gasteiger partial charge in [-0.1, -0.05) is 45.2 Å². The van der Waals surface area contributed by atoms with Crippen LogP contribution in [0.2, 0.25) is 10.0 Å². The average Bonchev–Trinajstić information content (AvgIpc) is 3.31. The van der Waals surface area contributed by atoms with Crippen molar-refractivity contribution in [3.8, 4) is 11.5 Å². The summed E-state index contributed by atoms with van der Waals surface area (Å²) >= 11 is 15.6. The highest BCUT2D eigenvalue weighted by molar-refractivity contribution is 9.10. The molecule has 0 aliphatic carbocycles. The molecule has 0 atom stereocenters. The summed E-state index contributed by atoms with van der Waals surface area (Å²) in [6.07, 6.45) is 0. The second kappa shape index (κ2) is 9.85. The molecular formula is C25H20BrCl2N3O3S. The Bertz CT molecular complexity index is 1450. The lowest BCUT2D eigenvalue weighted by atomic mass is 10.2. The molecule has 2 heterocycles. The van der Waals surface area contributed by atoms with E-state index in [1.54, 1.807) is 12.1 Å². The molecule has 0 unspecified atom stereocenters. The molecular weight excluding hydrogens is 573 g/mol. The summed E-state index contributed by atoms with van der Waals surface area (Å²) in [5.74, 6) is 0.487. The van der Waals surface area contributed by atoms with Gasteiger partial charge < -0.3 is 14.2 Å². The van der Waals surface area contributed by atoms with Gasteiger partial charge in [0.05, 0.1) is 4.90 Å². The lowest BCUT2D eigenvalue weighted by Crippen LogP contribution is -2.46. The number of nitrogens with zero attached hydrogens (tertiary/aromatic N) is 3. The summed E-state index contributed by atoms with van der Waals surface area (Å²) in [6, 6.07) is 21.1. The van der Waals surface area contributed by atoms with E-state index in [1.807, 2.05) is 53.4 Å². The molecule has 0 spiro atoms. The molecule has 0 N–H and O–H groups in total. The average molecular weight is 593 g/mol. The fourth-order valence-electron chi connectivity index (χ4n) is 3.95. The zero-order chi connectivity index (χ0) is 24.6. The molecule has 6 nitrogen and oxygen atoms in total. The van der Waals surface area contributed by atoms with Crippen molar-refractivity contribution >= 4 is 60.5 Å². The zero-order valence-corrected chi connectivity index (χ0v) is 22.3. The van der Waals surface area contributed by atoms with Crippen molar-refractivity contribution in [1.29, 1.82) is 0 Å². The molecule has 1 fully saturated rings. The molecule has 4 aromatic rings. The number of sulfone groups is 1. The van der Waals surface area contributed by atoms with E-state index in [0.717, 1.165) is 10.2 Å². The van der Waals surface area contributed by atoms with Crippen molar-refractivity contribution < 1.29 is 12.8 Å². The van der Waals surface area contributed by atoms with Crippen LogP contribution in [0.25, 0.3) is 11.5 Å². The maximum Gasteiger partial charge on any atom is 0.236 e. The van der Waals surface area contributed by atoms with Gasteiger partial charge in [-0.05, 0) is 66.7 Å². The van der Waals surface area contributed by atoms with Crippen molar-refractivity contribution in [1.82, 2.24) is 4.98 Å². The number of hydrogen-bond acceptors (Lipinski definition) is 6. The van der Waals surface area contributed by atoms with Crippen LogP contribution in [0, 0.1) is 0 Å². The van der Waals surface area contributed by atoms with Gasteiger partial charge in [-0.25, -0.2) is 8.42 Å². The van der Waals surface area contributed by atoms with Crippen LogP contribution in [0.1, 0.15) is 0 Å². The van der Waals surface area contributed by atoms with E-state index in [0.29, 0.717) is 41.8 Å². The first-order chi connectivity index (χ1) is 16.8. The summed E-state index contributed by atoms with van der Waals surface area (Å²) in [6.45, 7) is 2.47. The molecule has 0 radical (unpaired) electrons. The number of oxazole rings is 1. The predicted molar refractivity (Wildman–Crippen MR) is 142 cm³/mol. The molecule has 0 bridgehead atoms. The highest BCUT2D eigenvalue weighted by Crippen LogP contribution is 2.36. The van der Waals surface area contributed by atoms with Gasteiger partial charge in [-0.15, -0.1) is 0 Å². The Kier molecular flexibility index (Phi) is 6.81. The molecule has 3 aromatic carbocycles. The third-order valence-corrected chi connectivity index (χ3v) is 8.47. The van der Waals surface area contributed by atoms with Crippen molar-refractivity contribution in [2.24, 2.45) is 0 Å². The Morgan fingerprint density at radius 1 is 0.829 bits per heavy atom. The molecule has 5 rings (SSSR count). The van der Waals surface area contributed by atoms with Gasteiger partial charge in [0.15, 0.2) is 0 Å². The van der Waals surface area contributed by atoms with E-state index >= 15 is 0 Å². The van der Waals surface area contributed by atoms with Crippen molar-refractivity contribution in [2.45, 2.75) is 9.92 Å². The number of aromatic nitrogens is 1. The molecule has 0 saturated carbocycles. The predicted octanol–water partition coefficient (Wildman–Crippen LogP) is 6.57. The van der Waals surface area contributed by atoms with E-state index in [4.69, 9.17) is 27.6 Å². The summed E-state index contributed by atoms with van der Waals surface area (Å²) in [5, 5.41) is 1.03. The minimum Gasteiger partial charge on any atom is -0.419 e. The molecule has 35 heavy (non-hydrogen) atoms. The van der Waals surface area contributed by atoms with E-state index < -0.39 is 9.84 Å². The van der Waals surface area contributed by atoms with Crippen LogP contribution < -0.4 is 9.80 Å². The summed E-state index contributed by atoms with van der Waals surface area (Å²) in [5.41, 5.74) is 1.71. The molecule has 10 heteroatoms. The molecule has 1 aliphatic heterocycles. The SMILES string of the molecule is O=S(=O)(c1ccc(Cl)cc1)c1nc(-c2ccc(Br)cc2)oc1N1CCN(c2cccc(Cl)c2)CC1. The van der Waals surface area contributed by atoms with Crippen LogP contribution >= 0.6 is 39.1 Å². The standard InChI is InChI=1S/C25H20BrCl2N3O3S/c26-18-6-4-17(5-7-18)23-29-24(35(32,33)22-10-8-19(27)9-11-22)25(34-23)31-14-12-30(13-15-31)21-3-1-2-20(28)16-21/h1-11,16H,12-15H2. The number of rotatable bonds is 5. The Labute approximate surface area is 222 Å². The first-order valence-electron chi connectivity index (χ1n) is 10.8. The molecule has 1 aromatic heterocycles. The Morgan fingerprint density at radius 3 is 2.14 bits per heavy atom. The Morgan fingerprint density at radius 2 is 1.49 bits per heavy atom. The van der Waals surface area contributed by atoms with Crippen LogP contribution in [-0.4, -0.2) is 39.6 Å². The van der Waals surface area contributed by atoms with Gasteiger partial charge in [0.1, 0.15) is 0 Å². The Hall–Kier alpha value is -2.52. The number of anilines is 2. The smallest absolute Gasteiger partial charge is 0.236 e. The summed E-state index contributed by atoms with van der Waals surface area (Å²) in [4.78, 5) is 8.72. The molecule has 1 saturated heterocycles. The highest BCUT2D eigenvalue weighted by Gasteiger charge is 2.33. The second-order valence-electron chi connectivity index (χ2n) is 8.05. The first kappa shape index (κ1) is 24.2. The third-order valence-electron chi connectivity index (χ3n) is 5.79. The minimum atomic E-state index is -3.95. The largest absolute Gasteiger partial charge is 0.419 e. The van der Waals surface area contributed by atoms with Gasteiger partial charge >= 0.3 is 0 Å². The maximum atomic E-state index is 13.6. The number of hydrogen-bond donors (Lipinski definition) is 0. The maximum absolute atomic E-state index is 13.6. The van der Waals surface area contributed by atoms with Crippen molar-refractivity contribution in [3.63, 3.8) is 0 Å². The topological polar surface area (TPSA) is 66.7 Å². The van der Waals surface area contributed by atoms with E-state index in [1.165, 1.54) is 12.1 Å². The van der Waals surface area contributed by atoms with Gasteiger partial charge in [0.25, 0.3) is 0 Å². The van der Waals surface area contributed by atoms with E-state index in [2.05, 4.69) is 25.8 Å². The lowest BCUT2D eigenvalue weighted by Gasteiger charge is -2.36. The van der Waals surface area contributed by atoms with Gasteiger partial charge in [0, 0.05) is 51.9 Å². The summed E-state index contributed by atoms with van der Waals surface area (Å²) in [7, 11) is -3.95. The zero-order valence-electron chi connectivity index (χ0n) is 18.4. The first-order valence-corrected chi connectivity index (χ1v) is 13.9. The van der Waals surface area contributed by atoms with Crippen LogP contribution in [0.4, 0.5) is 11.6 Å². The molecule has 180 valence electrons. The van der Waals surface area contributed by atoms with Gasteiger partial charge in [-0.2, -0.15) is 4.98 Å². The number of piperazine rings is 1. The van der Waals surface area contributed by atoms with Crippen molar-refractivity contribution in [3.05, 3.63) is 87.3 Å². The lowest BCUT2D eigenvalue weighted by molar-refractivity contribution is 0.525. The monoisotopic (exact) mass is 591 g/mol. The summed E-state index contributed by atoms with van der Waals surface area (Å²) < 4.78 is 34.2. The Balaban J connectivity index is 1.51. The normalized spacial score (nSPS) is 14.4. The van der Waals surface area contributed by atoms with Gasteiger partial charge in [0.2, 0.25) is 26.6 Å². The minimum absolute atomic E-state index is 0.103.